The van der Waals surface area contributed by atoms with E-state index in [-0.39, 0.29) is 11.9 Å². The van der Waals surface area contributed by atoms with Gasteiger partial charge in [-0.25, -0.2) is 9.97 Å². The van der Waals surface area contributed by atoms with Crippen molar-refractivity contribution in [1.29, 1.82) is 0 Å². The summed E-state index contributed by atoms with van der Waals surface area (Å²) < 4.78 is 11.8. The summed E-state index contributed by atoms with van der Waals surface area (Å²) in [5.41, 5.74) is 2.31. The van der Waals surface area contributed by atoms with Crippen LogP contribution in [0.5, 0.6) is 5.75 Å². The molecule has 1 aliphatic carbocycles. The van der Waals surface area contributed by atoms with Gasteiger partial charge in [0, 0.05) is 44.8 Å². The number of hydrogen-bond acceptors (Lipinski definition) is 10. The predicted molar refractivity (Wildman–Crippen MR) is 154 cm³/mol. The number of carbonyl (C=O) groups is 1. The van der Waals surface area contributed by atoms with Crippen molar-refractivity contribution in [3.8, 4) is 17.2 Å². The minimum Gasteiger partial charge on any atom is -0.495 e. The first kappa shape index (κ1) is 26.5. The molecule has 6 rings (SSSR count). The van der Waals surface area contributed by atoms with Gasteiger partial charge in [-0.2, -0.15) is 4.98 Å². The molecule has 3 aromatic rings. The van der Waals surface area contributed by atoms with Crippen LogP contribution in [0.1, 0.15) is 44.8 Å². The smallest absolute Gasteiger partial charge is 0.249 e. The van der Waals surface area contributed by atoms with Crippen LogP contribution in [0.4, 0.5) is 23.1 Å². The topological polar surface area (TPSA) is 112 Å². The van der Waals surface area contributed by atoms with Gasteiger partial charge in [-0.1, -0.05) is 19.8 Å². The van der Waals surface area contributed by atoms with Crippen LogP contribution in [0.25, 0.3) is 11.5 Å². The zero-order valence-electron chi connectivity index (χ0n) is 23.5. The Morgan fingerprint density at radius 3 is 2.70 bits per heavy atom. The number of rotatable bonds is 8. The number of nitrogens with one attached hydrogen (secondary N) is 2. The van der Waals surface area contributed by atoms with E-state index in [2.05, 4.69) is 37.3 Å². The van der Waals surface area contributed by atoms with E-state index in [0.29, 0.717) is 23.6 Å². The summed E-state index contributed by atoms with van der Waals surface area (Å²) in [6, 6.07) is 5.89. The van der Waals surface area contributed by atoms with E-state index in [9.17, 15) is 4.79 Å². The fourth-order valence-corrected chi connectivity index (χ4v) is 6.09. The van der Waals surface area contributed by atoms with Gasteiger partial charge in [0.15, 0.2) is 5.82 Å². The number of likely N-dealkylation sites (N-methyl/N-ethyl adjacent to an activating group) is 1. The number of hydrogen-bond donors (Lipinski definition) is 2. The zero-order valence-corrected chi connectivity index (χ0v) is 23.5. The van der Waals surface area contributed by atoms with Crippen molar-refractivity contribution in [2.24, 2.45) is 0 Å². The zero-order chi connectivity index (χ0) is 27.6. The number of benzene rings is 1. The second kappa shape index (κ2) is 11.4. The van der Waals surface area contributed by atoms with Crippen LogP contribution in [0, 0.1) is 0 Å². The minimum atomic E-state index is -0.213. The molecule has 40 heavy (non-hydrogen) atoms. The van der Waals surface area contributed by atoms with E-state index in [1.807, 2.05) is 25.2 Å². The first-order valence-electron chi connectivity index (χ1n) is 14.3. The number of methoxy groups -OCH3 is 1. The molecule has 2 N–H and O–H groups in total. The molecule has 4 heterocycles. The van der Waals surface area contributed by atoms with Gasteiger partial charge in [-0.3, -0.25) is 9.69 Å². The Bertz CT molecular complexity index is 1350. The van der Waals surface area contributed by atoms with Gasteiger partial charge in [0.05, 0.1) is 31.7 Å². The summed E-state index contributed by atoms with van der Waals surface area (Å²) >= 11 is 0. The molecule has 2 aromatic heterocycles. The van der Waals surface area contributed by atoms with Crippen molar-refractivity contribution in [3.05, 3.63) is 36.4 Å². The van der Waals surface area contributed by atoms with Gasteiger partial charge in [-0.15, -0.1) is 0 Å². The molecule has 2 aliphatic heterocycles. The molecule has 1 saturated heterocycles. The summed E-state index contributed by atoms with van der Waals surface area (Å²) in [6.45, 7) is 6.80. The van der Waals surface area contributed by atoms with Crippen molar-refractivity contribution in [1.82, 2.24) is 25.2 Å². The van der Waals surface area contributed by atoms with Crippen LogP contribution >= 0.6 is 0 Å². The van der Waals surface area contributed by atoms with Gasteiger partial charge in [0.25, 0.3) is 0 Å². The third-order valence-electron chi connectivity index (χ3n) is 8.25. The Morgan fingerprint density at radius 2 is 1.95 bits per heavy atom. The standard InChI is InChI=1S/C29H38N8O3/c1-4-23-28(38)35(2)24-17-32-29(34-26(24)37(23)20-7-5-6-8-20)33-22-10-9-19(15-25(22)39-3)27-31-16-21(40-27)18-36-13-11-30-12-14-36/h9-10,15-17,20,23,30H,4-8,11-14,18H2,1-3H3,(H,32,33,34)/t23-/m1/s1. The first-order valence-corrected chi connectivity index (χ1v) is 14.3. The maximum atomic E-state index is 13.2. The van der Waals surface area contributed by atoms with Crippen molar-refractivity contribution in [2.75, 3.05) is 55.5 Å². The van der Waals surface area contributed by atoms with Gasteiger partial charge in [-0.05, 0) is 37.5 Å². The Labute approximate surface area is 234 Å². The second-order valence-corrected chi connectivity index (χ2v) is 10.8. The lowest BCUT2D eigenvalue weighted by Crippen LogP contribution is -2.55. The average molecular weight is 547 g/mol. The van der Waals surface area contributed by atoms with E-state index in [0.717, 1.165) is 80.5 Å². The van der Waals surface area contributed by atoms with Crippen LogP contribution in [0.2, 0.25) is 0 Å². The fraction of sp³-hybridized carbons (Fsp3) is 0.517. The van der Waals surface area contributed by atoms with Crippen LogP contribution < -0.4 is 25.2 Å². The van der Waals surface area contributed by atoms with Crippen LogP contribution in [0.15, 0.2) is 35.0 Å². The number of fused-ring (bicyclic) bond motifs is 1. The van der Waals surface area contributed by atoms with Gasteiger partial charge in [0.1, 0.15) is 23.2 Å². The van der Waals surface area contributed by atoms with Crippen molar-refractivity contribution in [3.63, 3.8) is 0 Å². The lowest BCUT2D eigenvalue weighted by atomic mass is 10.0. The molecule has 2 fully saturated rings. The second-order valence-electron chi connectivity index (χ2n) is 10.8. The Hall–Kier alpha value is -3.70. The molecule has 1 amide bonds. The molecule has 0 radical (unpaired) electrons. The lowest BCUT2D eigenvalue weighted by molar-refractivity contribution is -0.120. The predicted octanol–water partition coefficient (Wildman–Crippen LogP) is 3.79. The fourth-order valence-electron chi connectivity index (χ4n) is 6.09. The third-order valence-corrected chi connectivity index (χ3v) is 8.25. The molecule has 0 unspecified atom stereocenters. The highest BCUT2D eigenvalue weighted by atomic mass is 16.5. The number of carbonyl (C=O) groups excluding carboxylic acids is 1. The molecular weight excluding hydrogens is 508 g/mol. The molecule has 212 valence electrons. The Morgan fingerprint density at radius 1 is 1.15 bits per heavy atom. The number of piperazine rings is 1. The Balaban J connectivity index is 1.24. The van der Waals surface area contributed by atoms with Crippen LogP contribution in [0.3, 0.4) is 0 Å². The summed E-state index contributed by atoms with van der Waals surface area (Å²) in [6.07, 6.45) is 8.79. The van der Waals surface area contributed by atoms with E-state index < -0.39 is 0 Å². The van der Waals surface area contributed by atoms with E-state index in [1.54, 1.807) is 24.4 Å². The third kappa shape index (κ3) is 5.11. The Kier molecular flexibility index (Phi) is 7.57. The highest BCUT2D eigenvalue weighted by Gasteiger charge is 2.41. The molecule has 1 aromatic carbocycles. The molecule has 1 saturated carbocycles. The van der Waals surface area contributed by atoms with Gasteiger partial charge < -0.3 is 29.6 Å². The summed E-state index contributed by atoms with van der Waals surface area (Å²) in [5.74, 6) is 3.41. The van der Waals surface area contributed by atoms with Gasteiger partial charge >= 0.3 is 0 Å². The van der Waals surface area contributed by atoms with E-state index in [4.69, 9.17) is 14.1 Å². The van der Waals surface area contributed by atoms with Crippen molar-refractivity contribution >= 4 is 29.0 Å². The van der Waals surface area contributed by atoms with Crippen LogP contribution in [-0.4, -0.2) is 78.2 Å². The molecular formula is C29H38N8O3. The summed E-state index contributed by atoms with van der Waals surface area (Å²) in [4.78, 5) is 33.5. The highest BCUT2D eigenvalue weighted by Crippen LogP contribution is 2.40. The van der Waals surface area contributed by atoms with Crippen molar-refractivity contribution < 1.29 is 13.9 Å². The molecule has 11 heteroatoms. The number of amides is 1. The van der Waals surface area contributed by atoms with Crippen molar-refractivity contribution in [2.45, 2.75) is 57.7 Å². The molecule has 1 atom stereocenters. The van der Waals surface area contributed by atoms with Crippen LogP contribution in [-0.2, 0) is 11.3 Å². The monoisotopic (exact) mass is 546 g/mol. The van der Waals surface area contributed by atoms with E-state index in [1.165, 1.54) is 12.8 Å². The average Bonchev–Trinajstić information content (AvgIpc) is 3.68. The normalized spacial score (nSPS) is 20.2. The van der Waals surface area contributed by atoms with Gasteiger partial charge in [0.2, 0.25) is 17.7 Å². The quantitative estimate of drug-likeness (QED) is 0.433. The van der Waals surface area contributed by atoms with E-state index >= 15 is 0 Å². The number of oxazole rings is 1. The summed E-state index contributed by atoms with van der Waals surface area (Å²) in [7, 11) is 3.45. The number of nitrogens with zero attached hydrogens (tertiary/aromatic N) is 6. The molecule has 0 bridgehead atoms. The maximum absolute atomic E-state index is 13.2. The minimum absolute atomic E-state index is 0.103. The highest BCUT2D eigenvalue weighted by molar-refractivity contribution is 6.04. The largest absolute Gasteiger partial charge is 0.495 e. The summed E-state index contributed by atoms with van der Waals surface area (Å²) in [5, 5.41) is 6.71. The number of anilines is 4. The first-order chi connectivity index (χ1) is 19.6. The molecule has 3 aliphatic rings. The number of aromatic nitrogens is 3. The SMILES string of the molecule is CC[C@@H]1C(=O)N(C)c2cnc(Nc3ccc(-c4ncc(CN5CCNCC5)o4)cc3OC)nc2N1C1CCCC1. The maximum Gasteiger partial charge on any atom is 0.249 e. The lowest BCUT2D eigenvalue weighted by Gasteiger charge is -2.43. The molecule has 0 spiro atoms. The molecule has 11 nitrogen and oxygen atoms in total. The number of ether oxygens (including phenoxy) is 1.